The van der Waals surface area contributed by atoms with Gasteiger partial charge in [0.05, 0.1) is 0 Å². The lowest BCUT2D eigenvalue weighted by Crippen LogP contribution is -2.48. The van der Waals surface area contributed by atoms with E-state index in [1.165, 1.54) is 0 Å². The van der Waals surface area contributed by atoms with Crippen molar-refractivity contribution in [1.29, 1.82) is 0 Å². The number of anilines is 1. The van der Waals surface area contributed by atoms with Crippen molar-refractivity contribution in [3.05, 3.63) is 70.8 Å². The molecule has 0 unspecified atom stereocenters. The maximum atomic E-state index is 12.5. The topological polar surface area (TPSA) is 52.7 Å². The summed E-state index contributed by atoms with van der Waals surface area (Å²) in [4.78, 5) is 28.6. The third-order valence-electron chi connectivity index (χ3n) is 5.29. The standard InChI is InChI=1S/C23H24ClN3O2/c24-19-6-10-21(11-7-19)26-13-15-27(16-14-26)22(28)12-3-17-1-4-18(5-2-17)23(29)25-20-8-9-20/h1-7,10-12,20H,8-9,13-16H2,(H,25,29)/b12-3+. The smallest absolute Gasteiger partial charge is 0.251 e. The number of halogens is 1. The van der Waals surface area contributed by atoms with E-state index in [9.17, 15) is 9.59 Å². The molecule has 2 amide bonds. The third kappa shape index (κ3) is 5.18. The Kier molecular flexibility index (Phi) is 5.86. The summed E-state index contributed by atoms with van der Waals surface area (Å²) in [5, 5.41) is 3.70. The molecule has 1 saturated heterocycles. The van der Waals surface area contributed by atoms with E-state index < -0.39 is 0 Å². The average molecular weight is 410 g/mol. The van der Waals surface area contributed by atoms with Crippen molar-refractivity contribution in [2.75, 3.05) is 31.1 Å². The first-order valence-electron chi connectivity index (χ1n) is 9.97. The minimum atomic E-state index is -0.0299. The van der Waals surface area contributed by atoms with E-state index in [0.29, 0.717) is 24.7 Å². The van der Waals surface area contributed by atoms with Crippen molar-refractivity contribution >= 4 is 35.2 Å². The van der Waals surface area contributed by atoms with Gasteiger partial charge in [-0.25, -0.2) is 0 Å². The molecule has 1 heterocycles. The number of piperazine rings is 1. The van der Waals surface area contributed by atoms with E-state index in [1.807, 2.05) is 41.3 Å². The molecule has 29 heavy (non-hydrogen) atoms. The van der Waals surface area contributed by atoms with Crippen LogP contribution < -0.4 is 10.2 Å². The molecule has 6 heteroatoms. The number of hydrogen-bond donors (Lipinski definition) is 1. The van der Waals surface area contributed by atoms with Crippen molar-refractivity contribution in [2.24, 2.45) is 0 Å². The summed E-state index contributed by atoms with van der Waals surface area (Å²) in [7, 11) is 0. The Hall–Kier alpha value is -2.79. The Labute approximate surface area is 175 Å². The van der Waals surface area contributed by atoms with Crippen molar-refractivity contribution in [3.63, 3.8) is 0 Å². The molecule has 2 aromatic carbocycles. The minimum absolute atomic E-state index is 0.0105. The maximum Gasteiger partial charge on any atom is 0.251 e. The summed E-state index contributed by atoms with van der Waals surface area (Å²) in [6.07, 6.45) is 5.55. The lowest BCUT2D eigenvalue weighted by Gasteiger charge is -2.35. The fourth-order valence-electron chi connectivity index (χ4n) is 3.35. The molecule has 0 bridgehead atoms. The number of hydrogen-bond acceptors (Lipinski definition) is 3. The van der Waals surface area contributed by atoms with Crippen molar-refractivity contribution in [1.82, 2.24) is 10.2 Å². The molecule has 2 aromatic rings. The van der Waals surface area contributed by atoms with E-state index >= 15 is 0 Å². The van der Waals surface area contributed by atoms with Gasteiger partial charge >= 0.3 is 0 Å². The molecule has 1 aliphatic carbocycles. The number of rotatable bonds is 5. The Morgan fingerprint density at radius 2 is 1.59 bits per heavy atom. The van der Waals surface area contributed by atoms with Crippen LogP contribution in [-0.2, 0) is 4.79 Å². The highest BCUT2D eigenvalue weighted by atomic mass is 35.5. The van der Waals surface area contributed by atoms with Crippen molar-refractivity contribution in [2.45, 2.75) is 18.9 Å². The van der Waals surface area contributed by atoms with E-state index in [0.717, 1.165) is 42.2 Å². The second-order valence-electron chi connectivity index (χ2n) is 7.49. The number of nitrogens with one attached hydrogen (secondary N) is 1. The molecule has 2 fully saturated rings. The average Bonchev–Trinajstić information content (AvgIpc) is 3.57. The minimum Gasteiger partial charge on any atom is -0.368 e. The first kappa shape index (κ1) is 19.5. The zero-order valence-corrected chi connectivity index (χ0v) is 16.9. The van der Waals surface area contributed by atoms with E-state index in [-0.39, 0.29) is 11.8 Å². The molecule has 1 N–H and O–H groups in total. The van der Waals surface area contributed by atoms with Crippen LogP contribution in [0.25, 0.3) is 6.08 Å². The molecule has 1 aliphatic heterocycles. The highest BCUT2D eigenvalue weighted by Crippen LogP contribution is 2.20. The van der Waals surface area contributed by atoms with Crippen molar-refractivity contribution in [3.8, 4) is 0 Å². The van der Waals surface area contributed by atoms with Gasteiger partial charge in [0.1, 0.15) is 0 Å². The number of carbonyl (C=O) groups excluding carboxylic acids is 2. The van der Waals surface area contributed by atoms with Gasteiger partial charge in [0.2, 0.25) is 5.91 Å². The molecule has 1 saturated carbocycles. The highest BCUT2D eigenvalue weighted by Gasteiger charge is 2.23. The molecule has 5 nitrogen and oxygen atoms in total. The van der Waals surface area contributed by atoms with Gasteiger partial charge in [-0.15, -0.1) is 0 Å². The molecular weight excluding hydrogens is 386 g/mol. The predicted octanol–water partition coefficient (Wildman–Crippen LogP) is 3.59. The second-order valence-corrected chi connectivity index (χ2v) is 7.93. The van der Waals surface area contributed by atoms with Crippen LogP contribution in [0, 0.1) is 0 Å². The number of benzene rings is 2. The zero-order chi connectivity index (χ0) is 20.2. The van der Waals surface area contributed by atoms with Gasteiger partial charge in [0.15, 0.2) is 0 Å². The molecule has 0 atom stereocenters. The van der Waals surface area contributed by atoms with Crippen LogP contribution in [0.1, 0.15) is 28.8 Å². The molecule has 0 radical (unpaired) electrons. The summed E-state index contributed by atoms with van der Waals surface area (Å²) in [5.41, 5.74) is 2.68. The van der Waals surface area contributed by atoms with Gasteiger partial charge in [0.25, 0.3) is 5.91 Å². The first-order chi connectivity index (χ1) is 14.1. The Bertz CT molecular complexity index is 897. The lowest BCUT2D eigenvalue weighted by molar-refractivity contribution is -0.126. The van der Waals surface area contributed by atoms with Crippen LogP contribution in [0.15, 0.2) is 54.6 Å². The maximum absolute atomic E-state index is 12.5. The fraction of sp³-hybridized carbons (Fsp3) is 0.304. The van der Waals surface area contributed by atoms with Gasteiger partial charge in [-0.3, -0.25) is 9.59 Å². The molecule has 0 aromatic heterocycles. The normalized spacial score (nSPS) is 16.9. The summed E-state index contributed by atoms with van der Waals surface area (Å²) >= 11 is 5.95. The number of nitrogens with zero attached hydrogens (tertiary/aromatic N) is 2. The Morgan fingerprint density at radius 1 is 0.931 bits per heavy atom. The monoisotopic (exact) mass is 409 g/mol. The van der Waals surface area contributed by atoms with Crippen LogP contribution in [0.5, 0.6) is 0 Å². The number of carbonyl (C=O) groups is 2. The Balaban J connectivity index is 1.28. The van der Waals surface area contributed by atoms with Crippen LogP contribution in [0.2, 0.25) is 5.02 Å². The predicted molar refractivity (Wildman–Crippen MR) is 116 cm³/mol. The largest absolute Gasteiger partial charge is 0.368 e. The SMILES string of the molecule is O=C(NC1CC1)c1ccc(/C=C/C(=O)N2CCN(c3ccc(Cl)cc3)CC2)cc1. The first-order valence-corrected chi connectivity index (χ1v) is 10.3. The number of amides is 2. The van der Waals surface area contributed by atoms with E-state index in [1.54, 1.807) is 24.3 Å². The fourth-order valence-corrected chi connectivity index (χ4v) is 3.48. The van der Waals surface area contributed by atoms with Crippen LogP contribution in [0.3, 0.4) is 0 Å². The Morgan fingerprint density at radius 3 is 2.21 bits per heavy atom. The second kappa shape index (κ2) is 8.70. The molecule has 150 valence electrons. The van der Waals surface area contributed by atoms with Crippen LogP contribution in [0.4, 0.5) is 5.69 Å². The van der Waals surface area contributed by atoms with Gasteiger partial charge in [-0.05, 0) is 60.9 Å². The lowest BCUT2D eigenvalue weighted by atomic mass is 10.1. The van der Waals surface area contributed by atoms with Crippen LogP contribution in [-0.4, -0.2) is 48.9 Å². The van der Waals surface area contributed by atoms with Crippen LogP contribution >= 0.6 is 11.6 Å². The van der Waals surface area contributed by atoms with Gasteiger partial charge in [-0.1, -0.05) is 23.7 Å². The quantitative estimate of drug-likeness (QED) is 0.768. The summed E-state index contributed by atoms with van der Waals surface area (Å²) in [5.74, 6) is -0.0195. The summed E-state index contributed by atoms with van der Waals surface area (Å²) in [6, 6.07) is 15.5. The summed E-state index contributed by atoms with van der Waals surface area (Å²) in [6.45, 7) is 2.97. The zero-order valence-electron chi connectivity index (χ0n) is 16.2. The van der Waals surface area contributed by atoms with E-state index in [2.05, 4.69) is 10.2 Å². The van der Waals surface area contributed by atoms with Gasteiger partial charge in [0, 0.05) is 54.6 Å². The summed E-state index contributed by atoms with van der Waals surface area (Å²) < 4.78 is 0. The highest BCUT2D eigenvalue weighted by molar-refractivity contribution is 6.30. The molecule has 0 spiro atoms. The van der Waals surface area contributed by atoms with E-state index in [4.69, 9.17) is 11.6 Å². The third-order valence-corrected chi connectivity index (χ3v) is 5.54. The molecule has 4 rings (SSSR count). The van der Waals surface area contributed by atoms with Gasteiger partial charge in [-0.2, -0.15) is 0 Å². The van der Waals surface area contributed by atoms with Crippen molar-refractivity contribution < 1.29 is 9.59 Å². The van der Waals surface area contributed by atoms with Gasteiger partial charge < -0.3 is 15.1 Å². The molecule has 2 aliphatic rings. The molecular formula is C23H24ClN3O2.